The first-order chi connectivity index (χ1) is 16.2. The van der Waals surface area contributed by atoms with Crippen molar-refractivity contribution in [2.75, 3.05) is 23.4 Å². The molecule has 2 rings (SSSR count). The van der Waals surface area contributed by atoms with E-state index in [9.17, 15) is 57.1 Å². The van der Waals surface area contributed by atoms with E-state index in [4.69, 9.17) is 0 Å². The molecule has 0 aliphatic heterocycles. The molecule has 7 nitrogen and oxygen atoms in total. The fourth-order valence-electron chi connectivity index (χ4n) is 2.62. The predicted octanol–water partition coefficient (Wildman–Crippen LogP) is 4.87. The largest absolute Gasteiger partial charge is 0.458 e. The van der Waals surface area contributed by atoms with Crippen LogP contribution in [-0.2, 0) is 21.7 Å². The summed E-state index contributed by atoms with van der Waals surface area (Å²) < 4.78 is 156. The zero-order valence-electron chi connectivity index (χ0n) is 17.8. The van der Waals surface area contributed by atoms with Crippen molar-refractivity contribution in [2.24, 2.45) is 0 Å². The molecule has 2 aromatic rings. The van der Waals surface area contributed by atoms with Crippen LogP contribution in [0.5, 0.6) is 0 Å². The Kier molecular flexibility index (Phi) is 7.56. The third-order valence-electron chi connectivity index (χ3n) is 4.59. The van der Waals surface area contributed by atoms with E-state index in [2.05, 4.69) is 15.3 Å². The second-order valence-electron chi connectivity index (χ2n) is 6.94. The van der Waals surface area contributed by atoms with Crippen molar-refractivity contribution in [1.82, 2.24) is 9.97 Å². The van der Waals surface area contributed by atoms with E-state index in [1.54, 1.807) is 5.32 Å². The van der Waals surface area contributed by atoms with Gasteiger partial charge in [-0.1, -0.05) is 6.92 Å². The molecule has 2 heterocycles. The first-order valence-corrected chi connectivity index (χ1v) is 11.0. The molecule has 2 N–H and O–H groups in total. The smallest absolute Gasteiger partial charge is 0.371 e. The highest BCUT2D eigenvalue weighted by molar-refractivity contribution is 7.91. The van der Waals surface area contributed by atoms with Gasteiger partial charge in [0, 0.05) is 19.4 Å². The zero-order valence-corrected chi connectivity index (χ0v) is 18.6. The Morgan fingerprint density at radius 1 is 0.861 bits per heavy atom. The first-order valence-electron chi connectivity index (χ1n) is 9.32. The molecule has 0 fully saturated rings. The maximum Gasteiger partial charge on any atom is 0.458 e. The second kappa shape index (κ2) is 9.36. The number of pyridine rings is 2. The number of hydrogen-bond acceptors (Lipinski definition) is 6. The fourth-order valence-corrected chi connectivity index (χ4v) is 3.68. The van der Waals surface area contributed by atoms with Crippen LogP contribution >= 0.6 is 0 Å². The van der Waals surface area contributed by atoms with Crippen molar-refractivity contribution in [3.8, 4) is 0 Å². The molecule has 0 spiro atoms. The van der Waals surface area contributed by atoms with Crippen LogP contribution in [0.15, 0.2) is 29.4 Å². The molecule has 0 bridgehead atoms. The predicted molar refractivity (Wildman–Crippen MR) is 104 cm³/mol. The molecule has 0 unspecified atom stereocenters. The number of anilines is 2. The van der Waals surface area contributed by atoms with Crippen molar-refractivity contribution in [2.45, 2.75) is 36.0 Å². The van der Waals surface area contributed by atoms with Gasteiger partial charge in [0.05, 0.1) is 27.5 Å². The minimum Gasteiger partial charge on any atom is -0.371 e. The number of carbonyl (C=O) groups is 1. The average Bonchev–Trinajstić information content (AvgIpc) is 2.76. The summed E-state index contributed by atoms with van der Waals surface area (Å²) in [6.45, 7) is 0.970. The molecule has 0 atom stereocenters. The maximum atomic E-state index is 13.7. The number of hydrogen-bond donors (Lipinski definition) is 2. The van der Waals surface area contributed by atoms with Crippen LogP contribution < -0.4 is 10.6 Å². The molecule has 1 amide bonds. The molecule has 0 aromatic carbocycles. The lowest BCUT2D eigenvalue weighted by Gasteiger charge is -2.21. The summed E-state index contributed by atoms with van der Waals surface area (Å²) in [7, 11) is -3.56. The Bertz CT molecular complexity index is 1260. The van der Waals surface area contributed by atoms with E-state index in [-0.39, 0.29) is 24.5 Å². The number of sulfone groups is 1. The fraction of sp³-hybridized carbons (Fsp3) is 0.389. The standard InChI is InChI=1S/C18H14F10N4O3S/c1-3-36(34,35)11-5-9(16(21,22)18(26,27)28)6-30-12(11)14(33)32-10-4-8(7-31-13(10)29-2)15(19,20)17(23,24)25/h4-7H,3H2,1-2H3,(H,29,31)(H,32,33). The number of nitrogens with zero attached hydrogens (tertiary/aromatic N) is 2. The topological polar surface area (TPSA) is 101 Å². The Balaban J connectivity index is 2.64. The van der Waals surface area contributed by atoms with Gasteiger partial charge in [0.1, 0.15) is 11.5 Å². The molecule has 36 heavy (non-hydrogen) atoms. The van der Waals surface area contributed by atoms with Crippen LogP contribution in [0.1, 0.15) is 28.5 Å². The van der Waals surface area contributed by atoms with Gasteiger partial charge < -0.3 is 10.6 Å². The van der Waals surface area contributed by atoms with Gasteiger partial charge in [0.15, 0.2) is 9.84 Å². The van der Waals surface area contributed by atoms with Crippen LogP contribution in [-0.4, -0.2) is 49.4 Å². The van der Waals surface area contributed by atoms with Gasteiger partial charge in [-0.15, -0.1) is 0 Å². The Labute approximate surface area is 195 Å². The van der Waals surface area contributed by atoms with Gasteiger partial charge in [-0.25, -0.2) is 18.4 Å². The van der Waals surface area contributed by atoms with Crippen LogP contribution in [0.2, 0.25) is 0 Å². The van der Waals surface area contributed by atoms with Crippen LogP contribution in [0, 0.1) is 0 Å². The number of amides is 1. The van der Waals surface area contributed by atoms with E-state index in [1.165, 1.54) is 0 Å². The second-order valence-corrected chi connectivity index (χ2v) is 9.19. The molecular formula is C18H14F10N4O3S. The van der Waals surface area contributed by atoms with E-state index in [0.717, 1.165) is 14.0 Å². The highest BCUT2D eigenvalue weighted by Gasteiger charge is 2.60. The summed E-state index contributed by atoms with van der Waals surface area (Å²) >= 11 is 0. The Hall–Kier alpha value is -3.18. The van der Waals surface area contributed by atoms with E-state index >= 15 is 0 Å². The van der Waals surface area contributed by atoms with E-state index in [0.29, 0.717) is 0 Å². The molecule has 0 aliphatic rings. The lowest BCUT2D eigenvalue weighted by molar-refractivity contribution is -0.289. The zero-order chi connectivity index (χ0) is 27.9. The molecule has 2 aromatic heterocycles. The van der Waals surface area contributed by atoms with Gasteiger partial charge in [-0.2, -0.15) is 43.9 Å². The van der Waals surface area contributed by atoms with Crippen molar-refractivity contribution < 1.29 is 57.1 Å². The van der Waals surface area contributed by atoms with Crippen molar-refractivity contribution >= 4 is 27.2 Å². The van der Waals surface area contributed by atoms with Crippen LogP contribution in [0.3, 0.4) is 0 Å². The Morgan fingerprint density at radius 2 is 1.33 bits per heavy atom. The van der Waals surface area contributed by atoms with Gasteiger partial charge in [0.25, 0.3) is 5.91 Å². The number of nitrogens with one attached hydrogen (secondary N) is 2. The summed E-state index contributed by atoms with van der Waals surface area (Å²) in [6.07, 6.45) is -12.2. The molecule has 0 saturated carbocycles. The van der Waals surface area contributed by atoms with Gasteiger partial charge >= 0.3 is 24.2 Å². The summed E-state index contributed by atoms with van der Waals surface area (Å²) in [5.74, 6) is -14.0. The van der Waals surface area contributed by atoms with Crippen LogP contribution in [0.25, 0.3) is 0 Å². The number of carbonyl (C=O) groups excluding carboxylic acids is 1. The number of halogens is 10. The van der Waals surface area contributed by atoms with Gasteiger partial charge in [-0.3, -0.25) is 4.79 Å². The van der Waals surface area contributed by atoms with Crippen molar-refractivity contribution in [3.63, 3.8) is 0 Å². The summed E-state index contributed by atoms with van der Waals surface area (Å²) in [6, 6.07) is 0.0318. The van der Waals surface area contributed by atoms with E-state index in [1.807, 2.05) is 0 Å². The van der Waals surface area contributed by atoms with Crippen LogP contribution in [0.4, 0.5) is 55.4 Å². The minimum absolute atomic E-state index is 0.122. The molecule has 200 valence electrons. The van der Waals surface area contributed by atoms with Crippen molar-refractivity contribution in [3.05, 3.63) is 41.3 Å². The van der Waals surface area contributed by atoms with Crippen molar-refractivity contribution in [1.29, 1.82) is 0 Å². The SMILES string of the molecule is CCS(=O)(=O)c1cc(C(F)(F)C(F)(F)F)cnc1C(=O)Nc1cc(C(F)(F)C(F)(F)F)cnc1NC. The Morgan fingerprint density at radius 3 is 1.78 bits per heavy atom. The monoisotopic (exact) mass is 556 g/mol. The third-order valence-corrected chi connectivity index (χ3v) is 6.33. The quantitative estimate of drug-likeness (QED) is 0.472. The molecule has 18 heteroatoms. The summed E-state index contributed by atoms with van der Waals surface area (Å²) in [4.78, 5) is 17.7. The molecule has 0 aliphatic carbocycles. The van der Waals surface area contributed by atoms with Gasteiger partial charge in [0.2, 0.25) is 0 Å². The average molecular weight is 556 g/mol. The summed E-state index contributed by atoms with van der Waals surface area (Å²) in [5.41, 5.74) is -5.70. The molecule has 0 saturated heterocycles. The number of aromatic nitrogens is 2. The normalized spacial score (nSPS) is 13.4. The molecule has 0 radical (unpaired) electrons. The van der Waals surface area contributed by atoms with Gasteiger partial charge in [-0.05, 0) is 12.1 Å². The lowest BCUT2D eigenvalue weighted by atomic mass is 10.1. The minimum atomic E-state index is -6.15. The highest BCUT2D eigenvalue weighted by Crippen LogP contribution is 2.45. The van der Waals surface area contributed by atoms with E-state index < -0.39 is 78.9 Å². The first kappa shape index (κ1) is 29.1. The lowest BCUT2D eigenvalue weighted by Crippen LogP contribution is -2.34. The third kappa shape index (κ3) is 5.31. The highest BCUT2D eigenvalue weighted by atomic mass is 32.2. The number of rotatable bonds is 7. The number of alkyl halides is 10. The molecular weight excluding hydrogens is 542 g/mol. The summed E-state index contributed by atoms with van der Waals surface area (Å²) in [5, 5.41) is 4.02. The maximum absolute atomic E-state index is 13.7.